The molecule has 0 spiro atoms. The lowest BCUT2D eigenvalue weighted by Gasteiger charge is -2.17. The zero-order chi connectivity index (χ0) is 14.3. The van der Waals surface area contributed by atoms with Crippen molar-refractivity contribution in [3.63, 3.8) is 0 Å². The Kier molecular flexibility index (Phi) is 6.24. The molecule has 1 atom stereocenters. The van der Waals surface area contributed by atoms with Crippen LogP contribution < -0.4 is 15.8 Å². The van der Waals surface area contributed by atoms with E-state index < -0.39 is 11.9 Å². The minimum atomic E-state index is -0.732. The van der Waals surface area contributed by atoms with Crippen molar-refractivity contribution in [2.45, 2.75) is 19.6 Å². The Balaban J connectivity index is 2.63. The van der Waals surface area contributed by atoms with E-state index >= 15 is 0 Å². The zero-order valence-electron chi connectivity index (χ0n) is 11.1. The van der Waals surface area contributed by atoms with E-state index in [0.717, 1.165) is 0 Å². The molecule has 1 amide bonds. The number of hydrogen-bond acceptors (Lipinski definition) is 4. The highest BCUT2D eigenvalue weighted by atomic mass is 19.1. The molecule has 0 aliphatic heterocycles. The van der Waals surface area contributed by atoms with Crippen LogP contribution in [0.25, 0.3) is 0 Å². The van der Waals surface area contributed by atoms with E-state index in [2.05, 4.69) is 5.32 Å². The van der Waals surface area contributed by atoms with Gasteiger partial charge in [-0.3, -0.25) is 4.79 Å². The fourth-order valence-corrected chi connectivity index (χ4v) is 1.51. The second kappa shape index (κ2) is 7.70. The lowest BCUT2D eigenvalue weighted by atomic mass is 10.2. The van der Waals surface area contributed by atoms with E-state index in [9.17, 15) is 9.18 Å². The number of carbonyl (C=O) groups is 1. The van der Waals surface area contributed by atoms with Gasteiger partial charge in [-0.2, -0.15) is 0 Å². The van der Waals surface area contributed by atoms with Gasteiger partial charge in [0.2, 0.25) is 0 Å². The molecule has 3 N–H and O–H groups in total. The summed E-state index contributed by atoms with van der Waals surface area (Å²) in [6.07, 6.45) is -0.732. The van der Waals surface area contributed by atoms with Crippen molar-refractivity contribution in [2.75, 3.05) is 20.3 Å². The van der Waals surface area contributed by atoms with Crippen molar-refractivity contribution in [1.82, 2.24) is 5.32 Å². The summed E-state index contributed by atoms with van der Waals surface area (Å²) in [5.74, 6) is -0.437. The first-order valence-corrected chi connectivity index (χ1v) is 6.01. The lowest BCUT2D eigenvalue weighted by molar-refractivity contribution is -0.127. The predicted octanol–water partition coefficient (Wildman–Crippen LogP) is 0.814. The van der Waals surface area contributed by atoms with Gasteiger partial charge >= 0.3 is 0 Å². The third-order valence-corrected chi connectivity index (χ3v) is 2.56. The van der Waals surface area contributed by atoms with Crippen LogP contribution in [0.5, 0.6) is 5.75 Å². The molecule has 5 nitrogen and oxygen atoms in total. The summed E-state index contributed by atoms with van der Waals surface area (Å²) in [5, 5.41) is 2.64. The first-order chi connectivity index (χ1) is 9.10. The number of methoxy groups -OCH3 is 1. The Labute approximate surface area is 111 Å². The smallest absolute Gasteiger partial charge is 0.260 e. The Hall–Kier alpha value is -1.66. The van der Waals surface area contributed by atoms with Gasteiger partial charge in [0.15, 0.2) is 6.10 Å². The van der Waals surface area contributed by atoms with Crippen molar-refractivity contribution in [3.05, 3.63) is 29.6 Å². The number of hydrogen-bond donors (Lipinski definition) is 2. The maximum absolute atomic E-state index is 13.5. The molecule has 0 bridgehead atoms. The number of benzene rings is 1. The highest BCUT2D eigenvalue weighted by Crippen LogP contribution is 2.21. The number of halogens is 1. The maximum Gasteiger partial charge on any atom is 0.260 e. The van der Waals surface area contributed by atoms with Crippen LogP contribution in [0.1, 0.15) is 12.5 Å². The van der Waals surface area contributed by atoms with E-state index in [4.69, 9.17) is 15.2 Å². The number of amides is 1. The van der Waals surface area contributed by atoms with Gasteiger partial charge in [-0.05, 0) is 19.1 Å². The Bertz CT molecular complexity index is 426. The molecule has 1 unspecified atom stereocenters. The molecule has 6 heteroatoms. The molecule has 0 saturated heterocycles. The Morgan fingerprint density at radius 2 is 2.26 bits per heavy atom. The largest absolute Gasteiger partial charge is 0.480 e. The molecule has 1 aromatic rings. The molecule has 19 heavy (non-hydrogen) atoms. The minimum Gasteiger partial charge on any atom is -0.480 e. The van der Waals surface area contributed by atoms with Crippen molar-refractivity contribution >= 4 is 5.91 Å². The Morgan fingerprint density at radius 1 is 1.53 bits per heavy atom. The summed E-state index contributed by atoms with van der Waals surface area (Å²) in [6.45, 7) is 2.43. The second-order valence-electron chi connectivity index (χ2n) is 3.96. The van der Waals surface area contributed by atoms with Crippen LogP contribution in [-0.4, -0.2) is 32.3 Å². The van der Waals surface area contributed by atoms with E-state index in [1.165, 1.54) is 12.1 Å². The first-order valence-electron chi connectivity index (χ1n) is 6.01. The molecule has 0 aromatic heterocycles. The Morgan fingerprint density at radius 3 is 2.89 bits per heavy atom. The molecule has 0 aliphatic rings. The first kappa shape index (κ1) is 15.4. The van der Waals surface area contributed by atoms with Crippen molar-refractivity contribution in [3.8, 4) is 5.75 Å². The van der Waals surface area contributed by atoms with E-state index in [1.807, 2.05) is 0 Å². The molecule has 0 saturated carbocycles. The molecular formula is C13H19FN2O3. The standard InChI is InChI=1S/C13H19FN2O3/c1-9(13(17)16-6-7-18-2)19-12-5-3-4-11(14)10(12)8-15/h3-5,9H,6-8,15H2,1-2H3,(H,16,17). The summed E-state index contributed by atoms with van der Waals surface area (Å²) in [6, 6.07) is 4.40. The van der Waals surface area contributed by atoms with Gasteiger partial charge in [-0.25, -0.2) is 4.39 Å². The zero-order valence-corrected chi connectivity index (χ0v) is 11.1. The molecule has 1 aromatic carbocycles. The van der Waals surface area contributed by atoms with Crippen LogP contribution in [0.3, 0.4) is 0 Å². The summed E-state index contributed by atoms with van der Waals surface area (Å²) in [5.41, 5.74) is 5.73. The summed E-state index contributed by atoms with van der Waals surface area (Å²) < 4.78 is 23.7. The van der Waals surface area contributed by atoms with Crippen LogP contribution in [-0.2, 0) is 16.1 Å². The van der Waals surface area contributed by atoms with Crippen LogP contribution in [0.2, 0.25) is 0 Å². The normalized spacial score (nSPS) is 12.0. The number of rotatable bonds is 7. The molecule has 0 radical (unpaired) electrons. The number of nitrogens with one attached hydrogen (secondary N) is 1. The summed E-state index contributed by atoms with van der Waals surface area (Å²) >= 11 is 0. The quantitative estimate of drug-likeness (QED) is 0.719. The average Bonchev–Trinajstić information content (AvgIpc) is 2.39. The summed E-state index contributed by atoms with van der Waals surface area (Å²) in [7, 11) is 1.55. The van der Waals surface area contributed by atoms with Gasteiger partial charge in [0, 0.05) is 25.8 Å². The molecule has 106 valence electrons. The topological polar surface area (TPSA) is 73.6 Å². The van der Waals surface area contributed by atoms with E-state index in [-0.39, 0.29) is 23.8 Å². The average molecular weight is 270 g/mol. The van der Waals surface area contributed by atoms with Crippen LogP contribution in [0, 0.1) is 5.82 Å². The van der Waals surface area contributed by atoms with Gasteiger partial charge in [0.05, 0.1) is 6.61 Å². The third kappa shape index (κ3) is 4.50. The fourth-order valence-electron chi connectivity index (χ4n) is 1.51. The number of carbonyl (C=O) groups excluding carboxylic acids is 1. The number of ether oxygens (including phenoxy) is 2. The molecular weight excluding hydrogens is 251 g/mol. The SMILES string of the molecule is COCCNC(=O)C(C)Oc1cccc(F)c1CN. The van der Waals surface area contributed by atoms with Crippen molar-refractivity contribution < 1.29 is 18.7 Å². The van der Waals surface area contributed by atoms with Gasteiger partial charge in [-0.1, -0.05) is 6.07 Å². The fraction of sp³-hybridized carbons (Fsp3) is 0.462. The molecule has 0 heterocycles. The van der Waals surface area contributed by atoms with E-state index in [0.29, 0.717) is 13.2 Å². The minimum absolute atomic E-state index is 0.0139. The predicted molar refractivity (Wildman–Crippen MR) is 69.3 cm³/mol. The molecule has 0 fully saturated rings. The van der Waals surface area contributed by atoms with Crippen molar-refractivity contribution in [1.29, 1.82) is 0 Å². The third-order valence-electron chi connectivity index (χ3n) is 2.56. The number of nitrogens with two attached hydrogens (primary N) is 1. The van der Waals surface area contributed by atoms with Crippen molar-refractivity contribution in [2.24, 2.45) is 5.73 Å². The van der Waals surface area contributed by atoms with Gasteiger partial charge in [0.1, 0.15) is 11.6 Å². The van der Waals surface area contributed by atoms with Crippen LogP contribution in [0.4, 0.5) is 4.39 Å². The van der Waals surface area contributed by atoms with E-state index in [1.54, 1.807) is 20.1 Å². The second-order valence-corrected chi connectivity index (χ2v) is 3.96. The van der Waals surface area contributed by atoms with Gasteiger partial charge in [0.25, 0.3) is 5.91 Å². The van der Waals surface area contributed by atoms with Crippen LogP contribution in [0.15, 0.2) is 18.2 Å². The highest BCUT2D eigenvalue weighted by molar-refractivity contribution is 5.80. The maximum atomic E-state index is 13.5. The van der Waals surface area contributed by atoms with Crippen LogP contribution >= 0.6 is 0 Å². The summed E-state index contributed by atoms with van der Waals surface area (Å²) in [4.78, 5) is 11.7. The molecule has 0 aliphatic carbocycles. The molecule has 1 rings (SSSR count). The highest BCUT2D eigenvalue weighted by Gasteiger charge is 2.16. The monoisotopic (exact) mass is 270 g/mol. The van der Waals surface area contributed by atoms with Gasteiger partial charge < -0.3 is 20.5 Å². The lowest BCUT2D eigenvalue weighted by Crippen LogP contribution is -2.38. The van der Waals surface area contributed by atoms with Gasteiger partial charge in [-0.15, -0.1) is 0 Å².